The molecule has 1 fully saturated rings. The van der Waals surface area contributed by atoms with Crippen molar-refractivity contribution in [1.82, 2.24) is 0 Å². The number of nitrogens with one attached hydrogen (secondary N) is 1. The second-order valence-corrected chi connectivity index (χ2v) is 5.01. The van der Waals surface area contributed by atoms with Gasteiger partial charge in [0.1, 0.15) is 5.82 Å². The minimum atomic E-state index is -0.615. The topological polar surface area (TPSA) is 24.4 Å². The maximum Gasteiger partial charge on any atom is 0.151 e. The Kier molecular flexibility index (Phi) is 3.94. The molecule has 2 rings (SSSR count). The van der Waals surface area contributed by atoms with Crippen molar-refractivity contribution in [3.63, 3.8) is 0 Å². The molecule has 0 aromatic heterocycles. The van der Waals surface area contributed by atoms with Gasteiger partial charge in [-0.05, 0) is 36.8 Å². The summed E-state index contributed by atoms with van der Waals surface area (Å²) in [5.41, 5.74) is 4.01. The maximum atomic E-state index is 13.4. The van der Waals surface area contributed by atoms with Gasteiger partial charge in [-0.2, -0.15) is 5.10 Å². The van der Waals surface area contributed by atoms with E-state index in [9.17, 15) is 8.78 Å². The first-order valence-corrected chi connectivity index (χ1v) is 6.36. The van der Waals surface area contributed by atoms with E-state index in [4.69, 9.17) is 0 Å². The zero-order valence-electron chi connectivity index (χ0n) is 10.7. The Bertz CT molecular complexity index is 445. The fraction of sp³-hybridized carbons (Fsp3) is 0.500. The van der Waals surface area contributed by atoms with Crippen LogP contribution in [0.5, 0.6) is 0 Å². The molecule has 0 bridgehead atoms. The van der Waals surface area contributed by atoms with E-state index in [1.807, 2.05) is 0 Å². The number of halogens is 2. The smallest absolute Gasteiger partial charge is 0.151 e. The van der Waals surface area contributed by atoms with Crippen LogP contribution >= 0.6 is 0 Å². The summed E-state index contributed by atoms with van der Waals surface area (Å²) in [6.45, 7) is 4.27. The third kappa shape index (κ3) is 2.86. The van der Waals surface area contributed by atoms with Crippen LogP contribution in [0.4, 0.5) is 14.5 Å². The van der Waals surface area contributed by atoms with E-state index in [1.54, 1.807) is 0 Å². The van der Waals surface area contributed by atoms with Crippen LogP contribution in [0.15, 0.2) is 23.3 Å². The summed E-state index contributed by atoms with van der Waals surface area (Å²) in [4.78, 5) is 0. The molecule has 0 radical (unpaired) electrons. The normalized spacial score (nSPS) is 23.9. The van der Waals surface area contributed by atoms with Gasteiger partial charge in [0, 0.05) is 11.8 Å². The summed E-state index contributed by atoms with van der Waals surface area (Å²) in [7, 11) is 0. The Morgan fingerprint density at radius 3 is 2.44 bits per heavy atom. The van der Waals surface area contributed by atoms with Crippen molar-refractivity contribution in [3.05, 3.63) is 29.8 Å². The summed E-state index contributed by atoms with van der Waals surface area (Å²) in [6, 6.07) is 3.45. The van der Waals surface area contributed by atoms with Crippen molar-refractivity contribution in [2.75, 3.05) is 5.43 Å². The number of rotatable bonds is 2. The number of nitrogens with zero attached hydrogens (tertiary/aromatic N) is 1. The van der Waals surface area contributed by atoms with Crippen LogP contribution in [-0.2, 0) is 0 Å². The van der Waals surface area contributed by atoms with Crippen molar-refractivity contribution in [1.29, 1.82) is 0 Å². The third-order valence-electron chi connectivity index (χ3n) is 3.52. The molecule has 4 heteroatoms. The highest BCUT2D eigenvalue weighted by molar-refractivity contribution is 5.89. The highest BCUT2D eigenvalue weighted by atomic mass is 19.1. The van der Waals surface area contributed by atoms with Gasteiger partial charge in [0.25, 0.3) is 0 Å². The van der Waals surface area contributed by atoms with Crippen molar-refractivity contribution in [3.8, 4) is 0 Å². The molecule has 1 aromatic rings. The first-order chi connectivity index (χ1) is 8.58. The predicted octanol–water partition coefficient (Wildman–Crippen LogP) is 4.19. The van der Waals surface area contributed by atoms with Crippen LogP contribution in [0, 0.1) is 23.5 Å². The zero-order chi connectivity index (χ0) is 13.1. The van der Waals surface area contributed by atoms with E-state index in [1.165, 1.54) is 18.6 Å². The monoisotopic (exact) mass is 252 g/mol. The molecule has 0 spiro atoms. The molecular formula is C14H18F2N2. The molecule has 98 valence electrons. The van der Waals surface area contributed by atoms with Gasteiger partial charge in [0.2, 0.25) is 0 Å². The van der Waals surface area contributed by atoms with Crippen molar-refractivity contribution in [2.45, 2.75) is 33.1 Å². The van der Waals surface area contributed by atoms with Crippen LogP contribution in [0.25, 0.3) is 0 Å². The van der Waals surface area contributed by atoms with Crippen LogP contribution in [0.3, 0.4) is 0 Å². The van der Waals surface area contributed by atoms with Crippen LogP contribution in [0.1, 0.15) is 33.1 Å². The highest BCUT2D eigenvalue weighted by Gasteiger charge is 2.22. The predicted molar refractivity (Wildman–Crippen MR) is 69.6 cm³/mol. The lowest BCUT2D eigenvalue weighted by Gasteiger charge is -2.26. The molecule has 0 saturated heterocycles. The first kappa shape index (κ1) is 13.0. The minimum absolute atomic E-state index is 0.217. The summed E-state index contributed by atoms with van der Waals surface area (Å²) in [5.74, 6) is -0.352. The number of hydrogen-bond acceptors (Lipinski definition) is 2. The second kappa shape index (κ2) is 5.46. The molecule has 0 heterocycles. The van der Waals surface area contributed by atoms with Gasteiger partial charge >= 0.3 is 0 Å². The van der Waals surface area contributed by atoms with Crippen molar-refractivity contribution in [2.24, 2.45) is 16.9 Å². The Balaban J connectivity index is 2.13. The van der Waals surface area contributed by atoms with Gasteiger partial charge in [-0.3, -0.25) is 5.43 Å². The third-order valence-corrected chi connectivity index (χ3v) is 3.52. The minimum Gasteiger partial charge on any atom is -0.276 e. The van der Waals surface area contributed by atoms with Gasteiger partial charge in [-0.15, -0.1) is 0 Å². The highest BCUT2D eigenvalue weighted by Crippen LogP contribution is 2.26. The van der Waals surface area contributed by atoms with Crippen LogP contribution in [-0.4, -0.2) is 5.71 Å². The van der Waals surface area contributed by atoms with Gasteiger partial charge in [-0.25, -0.2) is 8.78 Å². The molecule has 0 amide bonds. The largest absolute Gasteiger partial charge is 0.276 e. The molecule has 18 heavy (non-hydrogen) atoms. The van der Waals surface area contributed by atoms with E-state index in [0.29, 0.717) is 11.8 Å². The molecule has 2 nitrogen and oxygen atoms in total. The lowest BCUT2D eigenvalue weighted by atomic mass is 9.81. The number of benzene rings is 1. The SMILES string of the molecule is C[C@@H]1CCC[C@@H](C)C1=NNc1ccc(F)cc1F. The van der Waals surface area contributed by atoms with E-state index in [2.05, 4.69) is 24.4 Å². The van der Waals surface area contributed by atoms with Gasteiger partial charge in [0.05, 0.1) is 5.69 Å². The zero-order valence-corrected chi connectivity index (χ0v) is 10.7. The fourth-order valence-electron chi connectivity index (χ4n) is 2.44. The molecule has 1 N–H and O–H groups in total. The van der Waals surface area contributed by atoms with Crippen LogP contribution < -0.4 is 5.43 Å². The molecule has 0 unspecified atom stereocenters. The molecule has 1 aliphatic carbocycles. The average molecular weight is 252 g/mol. The van der Waals surface area contributed by atoms with E-state index in [0.717, 1.165) is 24.6 Å². The average Bonchev–Trinajstić information content (AvgIpc) is 2.31. The maximum absolute atomic E-state index is 13.4. The number of anilines is 1. The summed E-state index contributed by atoms with van der Waals surface area (Å²) in [6.07, 6.45) is 3.46. The number of hydrazone groups is 1. The number of hydrogen-bond donors (Lipinski definition) is 1. The van der Waals surface area contributed by atoms with Gasteiger partial charge in [0.15, 0.2) is 5.82 Å². The standard InChI is InChI=1S/C14H18F2N2/c1-9-4-3-5-10(2)14(9)18-17-13-7-6-11(15)8-12(13)16/h6-10,17H,3-5H2,1-2H3/t9-,10-/m1/s1. The summed E-state index contributed by atoms with van der Waals surface area (Å²) in [5, 5.41) is 4.31. The Morgan fingerprint density at radius 1 is 1.17 bits per heavy atom. The van der Waals surface area contributed by atoms with E-state index < -0.39 is 11.6 Å². The molecule has 2 atom stereocenters. The quantitative estimate of drug-likeness (QED) is 0.784. The van der Waals surface area contributed by atoms with Gasteiger partial charge < -0.3 is 0 Å². The molecule has 0 aliphatic heterocycles. The first-order valence-electron chi connectivity index (χ1n) is 6.36. The Morgan fingerprint density at radius 2 is 1.83 bits per heavy atom. The van der Waals surface area contributed by atoms with Gasteiger partial charge in [-0.1, -0.05) is 20.3 Å². The van der Waals surface area contributed by atoms with Crippen LogP contribution in [0.2, 0.25) is 0 Å². The Hall–Kier alpha value is -1.45. The molecule has 1 aromatic carbocycles. The second-order valence-electron chi connectivity index (χ2n) is 5.01. The Labute approximate surface area is 106 Å². The fourth-order valence-corrected chi connectivity index (χ4v) is 2.44. The van der Waals surface area contributed by atoms with E-state index >= 15 is 0 Å². The lowest BCUT2D eigenvalue weighted by Crippen LogP contribution is -2.25. The summed E-state index contributed by atoms with van der Waals surface area (Å²) >= 11 is 0. The molecular weight excluding hydrogens is 234 g/mol. The summed E-state index contributed by atoms with van der Waals surface area (Å²) < 4.78 is 26.2. The van der Waals surface area contributed by atoms with Crippen molar-refractivity contribution < 1.29 is 8.78 Å². The lowest BCUT2D eigenvalue weighted by molar-refractivity contribution is 0.486. The molecule has 1 aliphatic rings. The molecule has 1 saturated carbocycles. The van der Waals surface area contributed by atoms with E-state index in [-0.39, 0.29) is 5.69 Å². The van der Waals surface area contributed by atoms with Crippen molar-refractivity contribution >= 4 is 11.4 Å².